The molecule has 2 heterocycles. The summed E-state index contributed by atoms with van der Waals surface area (Å²) in [4.78, 5) is 0. The summed E-state index contributed by atoms with van der Waals surface area (Å²) in [5, 5.41) is 8.72. The van der Waals surface area contributed by atoms with E-state index in [0.717, 1.165) is 29.5 Å². The average Bonchev–Trinajstić information content (AvgIpc) is 2.96. The van der Waals surface area contributed by atoms with Crippen molar-refractivity contribution in [2.45, 2.75) is 45.7 Å². The van der Waals surface area contributed by atoms with Gasteiger partial charge in [-0.15, -0.1) is 0 Å². The maximum atomic E-state index is 6.34. The number of aryl methyl sites for hydroxylation is 3. The number of nitrogens with zero attached hydrogens (tertiary/aromatic N) is 3. The molecule has 1 aliphatic rings. The molecule has 114 valence electrons. The van der Waals surface area contributed by atoms with Crippen molar-refractivity contribution in [1.82, 2.24) is 19.7 Å². The van der Waals surface area contributed by atoms with Crippen molar-refractivity contribution < 1.29 is 0 Å². The molecular weight excluding hydrogens is 284 g/mol. The van der Waals surface area contributed by atoms with Gasteiger partial charge in [-0.1, -0.05) is 18.5 Å². The number of fused-ring (bicyclic) bond motifs is 1. The van der Waals surface area contributed by atoms with Crippen LogP contribution in [-0.4, -0.2) is 20.9 Å². The van der Waals surface area contributed by atoms with Crippen LogP contribution < -0.4 is 5.32 Å². The van der Waals surface area contributed by atoms with Gasteiger partial charge in [-0.25, -0.2) is 0 Å². The maximum absolute atomic E-state index is 6.34. The largest absolute Gasteiger partial charge is 0.349 e. The predicted molar refractivity (Wildman–Crippen MR) is 85.8 cm³/mol. The summed E-state index contributed by atoms with van der Waals surface area (Å²) in [6.07, 6.45) is 8.25. The van der Waals surface area contributed by atoms with Crippen LogP contribution in [-0.2, 0) is 20.0 Å². The minimum absolute atomic E-state index is 0.505. The fourth-order valence-corrected chi connectivity index (χ4v) is 3.57. The third kappa shape index (κ3) is 2.74. The van der Waals surface area contributed by atoms with Gasteiger partial charge in [0.2, 0.25) is 0 Å². The Hall–Kier alpha value is -1.26. The van der Waals surface area contributed by atoms with E-state index < -0.39 is 0 Å². The van der Waals surface area contributed by atoms with Crippen LogP contribution in [0.15, 0.2) is 12.4 Å². The van der Waals surface area contributed by atoms with Crippen LogP contribution in [0, 0.1) is 6.92 Å². The number of hydrogen-bond donors (Lipinski definition) is 1. The van der Waals surface area contributed by atoms with Gasteiger partial charge in [-0.2, -0.15) is 5.10 Å². The fraction of sp³-hybridized carbons (Fsp3) is 0.562. The molecule has 0 saturated carbocycles. The van der Waals surface area contributed by atoms with Crippen LogP contribution in [0.25, 0.3) is 0 Å². The molecule has 0 spiro atoms. The zero-order valence-electron chi connectivity index (χ0n) is 13.0. The lowest BCUT2D eigenvalue weighted by Crippen LogP contribution is -2.23. The summed E-state index contributed by atoms with van der Waals surface area (Å²) < 4.78 is 4.01. The monoisotopic (exact) mass is 306 g/mol. The molecule has 1 atom stereocenters. The van der Waals surface area contributed by atoms with Crippen molar-refractivity contribution >= 4 is 11.6 Å². The predicted octanol–water partition coefficient (Wildman–Crippen LogP) is 3.22. The highest BCUT2D eigenvalue weighted by atomic mass is 35.5. The molecule has 2 aromatic rings. The Labute approximate surface area is 131 Å². The summed E-state index contributed by atoms with van der Waals surface area (Å²) in [6, 6.07) is 0.505. The minimum Gasteiger partial charge on any atom is -0.349 e. The van der Waals surface area contributed by atoms with Gasteiger partial charge in [0.15, 0.2) is 0 Å². The Morgan fingerprint density at radius 3 is 2.90 bits per heavy atom. The normalized spacial score (nSPS) is 18.0. The topological polar surface area (TPSA) is 34.8 Å². The first-order valence-electron chi connectivity index (χ1n) is 7.70. The van der Waals surface area contributed by atoms with Gasteiger partial charge in [0.25, 0.3) is 0 Å². The van der Waals surface area contributed by atoms with Crippen molar-refractivity contribution in [3.63, 3.8) is 0 Å². The minimum atomic E-state index is 0.505. The Morgan fingerprint density at radius 2 is 2.24 bits per heavy atom. The molecule has 4 nitrogen and oxygen atoms in total. The van der Waals surface area contributed by atoms with Gasteiger partial charge in [0, 0.05) is 31.0 Å². The summed E-state index contributed by atoms with van der Waals surface area (Å²) in [5.41, 5.74) is 5.06. The van der Waals surface area contributed by atoms with E-state index in [1.165, 1.54) is 30.4 Å². The molecule has 1 aliphatic carbocycles. The van der Waals surface area contributed by atoms with Gasteiger partial charge in [0.1, 0.15) is 5.15 Å². The number of halogens is 1. The highest BCUT2D eigenvalue weighted by Crippen LogP contribution is 2.31. The number of nitrogens with one attached hydrogen (secondary N) is 1. The van der Waals surface area contributed by atoms with E-state index in [4.69, 9.17) is 11.6 Å². The Kier molecular flexibility index (Phi) is 4.09. The van der Waals surface area contributed by atoms with Crippen molar-refractivity contribution in [2.24, 2.45) is 7.05 Å². The van der Waals surface area contributed by atoms with E-state index >= 15 is 0 Å². The fourth-order valence-electron chi connectivity index (χ4n) is 3.33. The van der Waals surface area contributed by atoms with E-state index in [9.17, 15) is 0 Å². The van der Waals surface area contributed by atoms with Crippen LogP contribution in [0.3, 0.4) is 0 Å². The van der Waals surface area contributed by atoms with Crippen molar-refractivity contribution in [3.8, 4) is 0 Å². The molecule has 3 rings (SSSR count). The molecule has 1 N–H and O–H groups in total. The smallest absolute Gasteiger partial charge is 0.131 e. The van der Waals surface area contributed by atoms with Crippen LogP contribution in [0.1, 0.15) is 48.2 Å². The first kappa shape index (κ1) is 14.7. The van der Waals surface area contributed by atoms with Crippen molar-refractivity contribution in [1.29, 1.82) is 0 Å². The molecule has 0 bridgehead atoms. The second-order valence-corrected chi connectivity index (χ2v) is 6.25. The molecule has 0 amide bonds. The van der Waals surface area contributed by atoms with E-state index in [0.29, 0.717) is 6.04 Å². The third-order valence-corrected chi connectivity index (χ3v) is 4.85. The molecule has 0 fully saturated rings. The van der Waals surface area contributed by atoms with Gasteiger partial charge >= 0.3 is 0 Å². The van der Waals surface area contributed by atoms with E-state index in [2.05, 4.69) is 34.3 Å². The van der Waals surface area contributed by atoms with Crippen LogP contribution in [0.2, 0.25) is 5.15 Å². The lowest BCUT2D eigenvalue weighted by Gasteiger charge is -2.22. The van der Waals surface area contributed by atoms with Gasteiger partial charge < -0.3 is 9.88 Å². The van der Waals surface area contributed by atoms with Crippen LogP contribution >= 0.6 is 11.6 Å². The molecule has 0 saturated heterocycles. The zero-order chi connectivity index (χ0) is 15.0. The lowest BCUT2D eigenvalue weighted by atomic mass is 9.91. The molecular formula is C16H23ClN4. The standard InChI is InChI=1S/C16H23ClN4/c1-4-18-15-7-5-6-12-8-21(10-14(12)15)9-13-11(2)19-20(3)16(13)17/h8,10,15,18H,4-7,9H2,1-3H3. The SMILES string of the molecule is CCNC1CCCc2cn(Cc3c(C)nn(C)c3Cl)cc21. The first-order chi connectivity index (χ1) is 10.1. The molecule has 21 heavy (non-hydrogen) atoms. The Bertz CT molecular complexity index is 641. The average molecular weight is 307 g/mol. The molecule has 0 radical (unpaired) electrons. The quantitative estimate of drug-likeness (QED) is 0.941. The second-order valence-electron chi connectivity index (χ2n) is 5.89. The molecule has 0 aliphatic heterocycles. The van der Waals surface area contributed by atoms with Crippen molar-refractivity contribution in [3.05, 3.63) is 39.9 Å². The maximum Gasteiger partial charge on any atom is 0.131 e. The van der Waals surface area contributed by atoms with E-state index in [-0.39, 0.29) is 0 Å². The molecule has 2 aromatic heterocycles. The number of hydrogen-bond acceptors (Lipinski definition) is 2. The second kappa shape index (κ2) is 5.85. The summed E-state index contributed by atoms with van der Waals surface area (Å²) in [5.74, 6) is 0. The molecule has 5 heteroatoms. The number of aromatic nitrogens is 3. The highest BCUT2D eigenvalue weighted by Gasteiger charge is 2.22. The molecule has 0 aromatic carbocycles. The van der Waals surface area contributed by atoms with Gasteiger partial charge in [-0.05, 0) is 43.9 Å². The summed E-state index contributed by atoms with van der Waals surface area (Å²) in [7, 11) is 1.89. The van der Waals surface area contributed by atoms with Gasteiger partial charge in [0.05, 0.1) is 12.2 Å². The Balaban J connectivity index is 1.87. The number of rotatable bonds is 4. The van der Waals surface area contributed by atoms with Gasteiger partial charge in [-0.3, -0.25) is 4.68 Å². The lowest BCUT2D eigenvalue weighted by molar-refractivity contribution is 0.473. The first-order valence-corrected chi connectivity index (χ1v) is 8.07. The highest BCUT2D eigenvalue weighted by molar-refractivity contribution is 6.30. The Morgan fingerprint density at radius 1 is 1.43 bits per heavy atom. The summed E-state index contributed by atoms with van der Waals surface area (Å²) >= 11 is 6.34. The van der Waals surface area contributed by atoms with E-state index in [1.54, 1.807) is 4.68 Å². The molecule has 1 unspecified atom stereocenters. The van der Waals surface area contributed by atoms with Crippen LogP contribution in [0.5, 0.6) is 0 Å². The van der Waals surface area contributed by atoms with Crippen LogP contribution in [0.4, 0.5) is 0 Å². The third-order valence-electron chi connectivity index (χ3n) is 4.37. The van der Waals surface area contributed by atoms with Crippen molar-refractivity contribution in [2.75, 3.05) is 6.54 Å². The summed E-state index contributed by atoms with van der Waals surface area (Å²) in [6.45, 7) is 6.00. The zero-order valence-corrected chi connectivity index (χ0v) is 13.7. The van der Waals surface area contributed by atoms with E-state index in [1.807, 2.05) is 14.0 Å².